The molecular weight excluding hydrogens is 128 g/mol. The van der Waals surface area contributed by atoms with Crippen molar-refractivity contribution in [2.75, 3.05) is 13.2 Å². The number of aliphatic hydroxyl groups excluding tert-OH is 1. The molecule has 0 aromatic heterocycles. The average Bonchev–Trinajstić information content (AvgIpc) is 1.86. The Hall–Kier alpha value is -1.10. The van der Waals surface area contributed by atoms with Gasteiger partial charge in [0, 0.05) is 6.47 Å². The molecule has 0 spiro atoms. The molecule has 9 heavy (non-hydrogen) atoms. The van der Waals surface area contributed by atoms with E-state index in [0.717, 1.165) is 0 Å². The van der Waals surface area contributed by atoms with Crippen molar-refractivity contribution in [3.63, 3.8) is 0 Å². The second kappa shape index (κ2) is 15.8. The molecule has 0 aliphatic carbocycles. The van der Waals surface area contributed by atoms with E-state index >= 15 is 0 Å². The second-order valence-corrected chi connectivity index (χ2v) is 0.787. The van der Waals surface area contributed by atoms with E-state index in [0.29, 0.717) is 6.47 Å². The maximum absolute atomic E-state index is 9.23. The van der Waals surface area contributed by atoms with Crippen LogP contribution in [0.25, 0.3) is 0 Å². The van der Waals surface area contributed by atoms with E-state index in [1.165, 1.54) is 0 Å². The molecule has 0 saturated heterocycles. The largest absolute Gasteiger partial charge is 0.554 e. The minimum Gasteiger partial charge on any atom is -0.554 e. The number of hydrogen-bond donors (Lipinski definition) is 1. The number of carboxylic acid groups (broad SMARTS) is 1. The predicted octanol–water partition coefficient (Wildman–Crippen LogP) is -2.48. The van der Waals surface area contributed by atoms with E-state index in [1.807, 2.05) is 0 Å². The molecule has 1 N–H and O–H groups in total. The molecule has 0 aliphatic rings. The van der Waals surface area contributed by atoms with Crippen LogP contribution in [0.5, 0.6) is 0 Å². The van der Waals surface area contributed by atoms with Crippen molar-refractivity contribution in [3.05, 3.63) is 0 Å². The van der Waals surface area contributed by atoms with Crippen molar-refractivity contribution < 1.29 is 24.5 Å². The van der Waals surface area contributed by atoms with Gasteiger partial charge in [-0.25, -0.2) is 0 Å². The summed E-state index contributed by atoms with van der Waals surface area (Å²) in [6.07, 6.45) is 0. The maximum atomic E-state index is 9.23. The van der Waals surface area contributed by atoms with Crippen molar-refractivity contribution >= 4 is 12.9 Å². The van der Waals surface area contributed by atoms with Crippen molar-refractivity contribution in [1.29, 1.82) is 0 Å². The highest BCUT2D eigenvalue weighted by Gasteiger charge is 1.72. The lowest BCUT2D eigenvalue weighted by atomic mass is 10.8. The molecule has 0 aliphatic heterocycles. The highest BCUT2D eigenvalue weighted by molar-refractivity contribution is 5.36. The normalized spacial score (nSPS) is 6.33. The molecular formula is C4H7O5-. The molecule has 0 bridgehead atoms. The van der Waals surface area contributed by atoms with Crippen LogP contribution in [-0.2, 0) is 14.3 Å². The fraction of sp³-hybridized carbons (Fsp3) is 0.500. The molecule has 0 aromatic rings. The third-order valence-corrected chi connectivity index (χ3v) is 0.277. The van der Waals surface area contributed by atoms with Gasteiger partial charge in [-0.1, -0.05) is 0 Å². The molecule has 0 aromatic carbocycles. The van der Waals surface area contributed by atoms with Gasteiger partial charge < -0.3 is 19.7 Å². The molecule has 0 rings (SSSR count). The number of ether oxygens (including phenoxy) is 1. The molecule has 0 atom stereocenters. The standard InChI is InChI=1S/C3H6O3.CH2O2/c4-1-2-6-3-5;2-1-3/h3-4H,1-2H2;1H,(H,2,3)/p-1. The molecule has 5 nitrogen and oxygen atoms in total. The summed E-state index contributed by atoms with van der Waals surface area (Å²) in [5.74, 6) is 0. The molecule has 0 fully saturated rings. The number of carbonyl (C=O) groups is 2. The second-order valence-electron chi connectivity index (χ2n) is 0.787. The molecule has 0 amide bonds. The van der Waals surface area contributed by atoms with Crippen LogP contribution in [0, 0.1) is 0 Å². The third kappa shape index (κ3) is 45.9. The Morgan fingerprint density at radius 3 is 2.11 bits per heavy atom. The topological polar surface area (TPSA) is 86.7 Å². The van der Waals surface area contributed by atoms with Gasteiger partial charge in [-0.15, -0.1) is 0 Å². The smallest absolute Gasteiger partial charge is 0.293 e. The Labute approximate surface area is 51.9 Å². The van der Waals surface area contributed by atoms with E-state index in [9.17, 15) is 4.79 Å². The van der Waals surface area contributed by atoms with Gasteiger partial charge in [0.15, 0.2) is 0 Å². The lowest BCUT2D eigenvalue weighted by Crippen LogP contribution is -2.01. The maximum Gasteiger partial charge on any atom is 0.293 e. The summed E-state index contributed by atoms with van der Waals surface area (Å²) in [6.45, 7) is -0.196. The molecule has 0 radical (unpaired) electrons. The summed E-state index contributed by atoms with van der Waals surface area (Å²) < 4.78 is 4.05. The van der Waals surface area contributed by atoms with Gasteiger partial charge >= 0.3 is 0 Å². The lowest BCUT2D eigenvalue weighted by molar-refractivity contribution is -0.283. The lowest BCUT2D eigenvalue weighted by Gasteiger charge is -1.86. The quantitative estimate of drug-likeness (QED) is 0.342. The summed E-state index contributed by atoms with van der Waals surface area (Å²) in [7, 11) is 0. The van der Waals surface area contributed by atoms with Gasteiger partial charge in [0.25, 0.3) is 6.47 Å². The third-order valence-electron chi connectivity index (χ3n) is 0.277. The summed E-state index contributed by atoms with van der Waals surface area (Å²) in [6, 6.07) is 0. The zero-order valence-electron chi connectivity index (χ0n) is 4.65. The summed E-state index contributed by atoms with van der Waals surface area (Å²) in [5.41, 5.74) is 0. The molecule has 5 heteroatoms. The van der Waals surface area contributed by atoms with Crippen LogP contribution >= 0.6 is 0 Å². The average molecular weight is 135 g/mol. The minimum atomic E-state index is -0.500. The Morgan fingerprint density at radius 2 is 2.00 bits per heavy atom. The van der Waals surface area contributed by atoms with Crippen LogP contribution in [0.2, 0.25) is 0 Å². The highest BCUT2D eigenvalue weighted by Crippen LogP contribution is 1.58. The first-order valence-electron chi connectivity index (χ1n) is 2.05. The van der Waals surface area contributed by atoms with Gasteiger partial charge in [-0.3, -0.25) is 4.79 Å². The van der Waals surface area contributed by atoms with Crippen molar-refractivity contribution in [1.82, 2.24) is 0 Å². The van der Waals surface area contributed by atoms with E-state index in [1.54, 1.807) is 0 Å². The number of hydrogen-bond acceptors (Lipinski definition) is 5. The molecule has 0 unspecified atom stereocenters. The van der Waals surface area contributed by atoms with Crippen molar-refractivity contribution in [3.8, 4) is 0 Å². The Morgan fingerprint density at radius 1 is 1.56 bits per heavy atom. The first kappa shape index (κ1) is 10.8. The van der Waals surface area contributed by atoms with Gasteiger partial charge in [0.05, 0.1) is 6.61 Å². The molecule has 0 saturated carbocycles. The summed E-state index contributed by atoms with van der Waals surface area (Å²) in [5, 5.41) is 16.2. The van der Waals surface area contributed by atoms with Crippen molar-refractivity contribution in [2.24, 2.45) is 0 Å². The number of aliphatic hydroxyl groups is 1. The number of carbonyl (C=O) groups excluding carboxylic acids is 2. The van der Waals surface area contributed by atoms with E-state index in [2.05, 4.69) is 4.74 Å². The first-order valence-corrected chi connectivity index (χ1v) is 2.05. The molecule has 54 valence electrons. The van der Waals surface area contributed by atoms with Crippen LogP contribution in [0.3, 0.4) is 0 Å². The van der Waals surface area contributed by atoms with E-state index < -0.39 is 6.47 Å². The van der Waals surface area contributed by atoms with Gasteiger partial charge in [0.2, 0.25) is 0 Å². The Balaban J connectivity index is 0. The van der Waals surface area contributed by atoms with Crippen LogP contribution in [0.4, 0.5) is 0 Å². The molecule has 0 heterocycles. The fourth-order valence-corrected chi connectivity index (χ4v) is 0.101. The monoisotopic (exact) mass is 135 g/mol. The van der Waals surface area contributed by atoms with Crippen LogP contribution in [-0.4, -0.2) is 31.3 Å². The summed E-state index contributed by atoms with van der Waals surface area (Å²) >= 11 is 0. The Kier molecular flexibility index (Phi) is 19.0. The van der Waals surface area contributed by atoms with Gasteiger partial charge in [-0.2, -0.15) is 0 Å². The minimum absolute atomic E-state index is 0.0985. The van der Waals surface area contributed by atoms with Gasteiger partial charge in [-0.05, 0) is 0 Å². The summed E-state index contributed by atoms with van der Waals surface area (Å²) in [4.78, 5) is 17.5. The highest BCUT2D eigenvalue weighted by atomic mass is 16.5. The zero-order chi connectivity index (χ0) is 7.54. The Bertz CT molecular complexity index is 62.0. The van der Waals surface area contributed by atoms with Crippen LogP contribution in [0.1, 0.15) is 0 Å². The number of rotatable bonds is 3. The van der Waals surface area contributed by atoms with Crippen LogP contribution in [0.15, 0.2) is 0 Å². The first-order chi connectivity index (χ1) is 4.33. The predicted molar refractivity (Wildman–Crippen MR) is 25.2 cm³/mol. The zero-order valence-corrected chi connectivity index (χ0v) is 4.65. The van der Waals surface area contributed by atoms with Crippen molar-refractivity contribution in [2.45, 2.75) is 0 Å². The van der Waals surface area contributed by atoms with E-state index in [4.69, 9.17) is 15.0 Å². The van der Waals surface area contributed by atoms with Gasteiger partial charge in [0.1, 0.15) is 6.61 Å². The van der Waals surface area contributed by atoms with Crippen LogP contribution < -0.4 is 5.11 Å². The fourth-order valence-electron chi connectivity index (χ4n) is 0.101. The van der Waals surface area contributed by atoms with E-state index in [-0.39, 0.29) is 13.2 Å². The SMILES string of the molecule is O=COCCO.O=C[O-].